The summed E-state index contributed by atoms with van der Waals surface area (Å²) in [5, 5.41) is 12.3. The maximum Gasteiger partial charge on any atom is 0.335 e. The Labute approximate surface area is 123 Å². The van der Waals surface area contributed by atoms with Crippen molar-refractivity contribution in [1.29, 1.82) is 0 Å². The lowest BCUT2D eigenvalue weighted by molar-refractivity contribution is -0.134. The summed E-state index contributed by atoms with van der Waals surface area (Å²) in [6, 6.07) is 5.12. The average molecular weight is 288 g/mol. The Kier molecular flexibility index (Phi) is 3.68. The van der Waals surface area contributed by atoms with Crippen molar-refractivity contribution >= 4 is 11.9 Å². The summed E-state index contributed by atoms with van der Waals surface area (Å²) in [5.41, 5.74) is 2.40. The van der Waals surface area contributed by atoms with Gasteiger partial charge in [0.2, 0.25) is 5.91 Å². The molecule has 1 aromatic rings. The summed E-state index contributed by atoms with van der Waals surface area (Å²) >= 11 is 0. The number of benzene rings is 1. The molecule has 2 unspecified atom stereocenters. The molecule has 1 saturated heterocycles. The third kappa shape index (κ3) is 2.65. The van der Waals surface area contributed by atoms with Gasteiger partial charge in [-0.15, -0.1) is 0 Å². The first-order valence-corrected chi connectivity index (χ1v) is 7.43. The van der Waals surface area contributed by atoms with Crippen molar-refractivity contribution in [1.82, 2.24) is 10.2 Å². The van der Waals surface area contributed by atoms with E-state index in [1.54, 1.807) is 12.1 Å². The average Bonchev–Trinajstić information content (AvgIpc) is 2.91. The number of hydrogen-bond acceptors (Lipinski definition) is 3. The molecule has 0 aromatic heterocycles. The van der Waals surface area contributed by atoms with Gasteiger partial charge in [0.15, 0.2) is 0 Å². The molecule has 0 aliphatic carbocycles. The molecular formula is C16H20N2O3. The smallest absolute Gasteiger partial charge is 0.335 e. The van der Waals surface area contributed by atoms with Crippen LogP contribution >= 0.6 is 0 Å². The minimum absolute atomic E-state index is 0.0887. The quantitative estimate of drug-likeness (QED) is 0.860. The van der Waals surface area contributed by atoms with Crippen LogP contribution in [0.3, 0.4) is 0 Å². The van der Waals surface area contributed by atoms with Crippen molar-refractivity contribution in [3.8, 4) is 0 Å². The van der Waals surface area contributed by atoms with Gasteiger partial charge in [-0.3, -0.25) is 4.79 Å². The number of carbonyl (C=O) groups is 2. The monoisotopic (exact) mass is 288 g/mol. The van der Waals surface area contributed by atoms with E-state index in [9.17, 15) is 9.59 Å². The molecule has 2 aliphatic rings. The molecule has 0 radical (unpaired) electrons. The van der Waals surface area contributed by atoms with Gasteiger partial charge in [0, 0.05) is 13.1 Å². The van der Waals surface area contributed by atoms with Gasteiger partial charge in [0.25, 0.3) is 0 Å². The molecule has 0 spiro atoms. The third-order valence-electron chi connectivity index (χ3n) is 4.58. The molecule has 2 aliphatic heterocycles. The predicted molar refractivity (Wildman–Crippen MR) is 78.1 cm³/mol. The van der Waals surface area contributed by atoms with E-state index < -0.39 is 5.97 Å². The highest BCUT2D eigenvalue weighted by atomic mass is 16.4. The lowest BCUT2D eigenvalue weighted by Gasteiger charge is -2.32. The zero-order chi connectivity index (χ0) is 15.0. The highest BCUT2D eigenvalue weighted by molar-refractivity contribution is 5.88. The Balaban J connectivity index is 1.78. The lowest BCUT2D eigenvalue weighted by atomic mass is 9.95. The van der Waals surface area contributed by atoms with E-state index in [1.807, 2.05) is 11.0 Å². The van der Waals surface area contributed by atoms with E-state index in [1.165, 1.54) is 0 Å². The second kappa shape index (κ2) is 5.48. The first-order valence-electron chi connectivity index (χ1n) is 7.43. The highest BCUT2D eigenvalue weighted by Gasteiger charge is 2.33. The van der Waals surface area contributed by atoms with Crippen molar-refractivity contribution < 1.29 is 14.7 Å². The largest absolute Gasteiger partial charge is 0.478 e. The number of carboxylic acid groups (broad SMARTS) is 1. The number of carboxylic acids is 1. The summed E-state index contributed by atoms with van der Waals surface area (Å²) < 4.78 is 0. The minimum Gasteiger partial charge on any atom is -0.478 e. The molecular weight excluding hydrogens is 268 g/mol. The Morgan fingerprint density at radius 3 is 2.81 bits per heavy atom. The van der Waals surface area contributed by atoms with E-state index >= 15 is 0 Å². The van der Waals surface area contributed by atoms with E-state index in [4.69, 9.17) is 5.11 Å². The van der Waals surface area contributed by atoms with Gasteiger partial charge in [-0.25, -0.2) is 4.79 Å². The molecule has 1 aromatic carbocycles. The Morgan fingerprint density at radius 1 is 1.33 bits per heavy atom. The minimum atomic E-state index is -0.924. The van der Waals surface area contributed by atoms with Gasteiger partial charge >= 0.3 is 5.97 Å². The van der Waals surface area contributed by atoms with Crippen LogP contribution in [-0.4, -0.2) is 41.0 Å². The molecule has 5 nitrogen and oxygen atoms in total. The lowest BCUT2D eigenvalue weighted by Crippen LogP contribution is -2.47. The standard InChI is InChI=1S/C16H20N2O3/c1-10-4-6-17-14(10)15(19)18-7-5-11-2-3-12(16(20)21)8-13(11)9-18/h2-3,8,10,14,17H,4-7,9H2,1H3,(H,20,21). The maximum atomic E-state index is 12.6. The fraction of sp³-hybridized carbons (Fsp3) is 0.500. The van der Waals surface area contributed by atoms with E-state index in [2.05, 4.69) is 12.2 Å². The first-order chi connectivity index (χ1) is 10.1. The molecule has 112 valence electrons. The zero-order valence-electron chi connectivity index (χ0n) is 12.1. The second-order valence-electron chi connectivity index (χ2n) is 6.00. The van der Waals surface area contributed by atoms with Crippen LogP contribution in [0.2, 0.25) is 0 Å². The molecule has 2 heterocycles. The number of nitrogens with one attached hydrogen (secondary N) is 1. The molecule has 3 rings (SSSR count). The van der Waals surface area contributed by atoms with Gasteiger partial charge in [-0.2, -0.15) is 0 Å². The number of aromatic carboxylic acids is 1. The summed E-state index contributed by atoms with van der Waals surface area (Å²) in [6.07, 6.45) is 1.83. The van der Waals surface area contributed by atoms with Crippen LogP contribution in [0.1, 0.15) is 34.8 Å². The third-order valence-corrected chi connectivity index (χ3v) is 4.58. The summed E-state index contributed by atoms with van der Waals surface area (Å²) in [6.45, 7) is 4.22. The maximum absolute atomic E-state index is 12.6. The van der Waals surface area contributed by atoms with Crippen LogP contribution in [0.4, 0.5) is 0 Å². The van der Waals surface area contributed by atoms with Gasteiger partial charge < -0.3 is 15.3 Å². The normalized spacial score (nSPS) is 24.7. The number of fused-ring (bicyclic) bond motifs is 1. The van der Waals surface area contributed by atoms with Crippen molar-refractivity contribution in [2.75, 3.05) is 13.1 Å². The summed E-state index contributed by atoms with van der Waals surface area (Å²) in [5.74, 6) is -0.414. The fourth-order valence-corrected chi connectivity index (χ4v) is 3.24. The number of nitrogens with zero attached hydrogens (tertiary/aromatic N) is 1. The van der Waals surface area contributed by atoms with Gasteiger partial charge in [0.05, 0.1) is 11.6 Å². The molecule has 0 saturated carbocycles. The Morgan fingerprint density at radius 2 is 2.14 bits per heavy atom. The fourth-order valence-electron chi connectivity index (χ4n) is 3.24. The van der Waals surface area contributed by atoms with Crippen molar-refractivity contribution in [2.24, 2.45) is 5.92 Å². The SMILES string of the molecule is CC1CCNC1C(=O)N1CCc2ccc(C(=O)O)cc2C1. The molecule has 2 atom stereocenters. The molecule has 5 heteroatoms. The summed E-state index contributed by atoms with van der Waals surface area (Å²) in [7, 11) is 0. The number of hydrogen-bond donors (Lipinski definition) is 2. The first kappa shape index (κ1) is 14.1. The molecule has 2 N–H and O–H groups in total. The molecule has 1 amide bonds. The molecule has 0 bridgehead atoms. The van der Waals surface area contributed by atoms with Crippen LogP contribution in [0.25, 0.3) is 0 Å². The van der Waals surface area contributed by atoms with Gasteiger partial charge in [-0.1, -0.05) is 13.0 Å². The topological polar surface area (TPSA) is 69.6 Å². The number of rotatable bonds is 2. The highest BCUT2D eigenvalue weighted by Crippen LogP contribution is 2.23. The van der Waals surface area contributed by atoms with Crippen LogP contribution in [0, 0.1) is 5.92 Å². The molecule has 1 fully saturated rings. The van der Waals surface area contributed by atoms with Crippen molar-refractivity contribution in [3.63, 3.8) is 0 Å². The number of carbonyl (C=O) groups excluding carboxylic acids is 1. The van der Waals surface area contributed by atoms with Crippen LogP contribution < -0.4 is 5.32 Å². The van der Waals surface area contributed by atoms with Crippen LogP contribution in [-0.2, 0) is 17.8 Å². The van der Waals surface area contributed by atoms with Crippen LogP contribution in [0.5, 0.6) is 0 Å². The van der Waals surface area contributed by atoms with Crippen LogP contribution in [0.15, 0.2) is 18.2 Å². The van der Waals surface area contributed by atoms with E-state index in [-0.39, 0.29) is 17.5 Å². The van der Waals surface area contributed by atoms with Crippen molar-refractivity contribution in [3.05, 3.63) is 34.9 Å². The van der Waals surface area contributed by atoms with E-state index in [0.29, 0.717) is 19.0 Å². The van der Waals surface area contributed by atoms with Gasteiger partial charge in [-0.05, 0) is 48.6 Å². The number of amides is 1. The molecule has 21 heavy (non-hydrogen) atoms. The van der Waals surface area contributed by atoms with Crippen molar-refractivity contribution in [2.45, 2.75) is 32.4 Å². The zero-order valence-corrected chi connectivity index (χ0v) is 12.1. The Hall–Kier alpha value is -1.88. The summed E-state index contributed by atoms with van der Waals surface area (Å²) in [4.78, 5) is 25.5. The Bertz CT molecular complexity index is 585. The van der Waals surface area contributed by atoms with Gasteiger partial charge in [0.1, 0.15) is 0 Å². The van der Waals surface area contributed by atoms with E-state index in [0.717, 1.165) is 30.5 Å². The second-order valence-corrected chi connectivity index (χ2v) is 6.00. The predicted octanol–water partition coefficient (Wildman–Crippen LogP) is 1.27.